The van der Waals surface area contributed by atoms with Crippen molar-refractivity contribution in [2.75, 3.05) is 5.75 Å². The number of carbonyl (C=O) groups is 1. The number of carboxylic acids is 1. The summed E-state index contributed by atoms with van der Waals surface area (Å²) in [5, 5.41) is 14.0. The third-order valence-electron chi connectivity index (χ3n) is 1.93. The summed E-state index contributed by atoms with van der Waals surface area (Å²) in [5.74, 6) is -0.133. The summed E-state index contributed by atoms with van der Waals surface area (Å²) in [6, 6.07) is 1.62. The lowest BCUT2D eigenvalue weighted by atomic mass is 10.3. The lowest BCUT2D eigenvalue weighted by Gasteiger charge is -2.07. The number of aliphatic carboxylic acids is 1. The summed E-state index contributed by atoms with van der Waals surface area (Å²) in [6.07, 6.45) is 0. The van der Waals surface area contributed by atoms with Gasteiger partial charge >= 0.3 is 5.97 Å². The second-order valence-electron chi connectivity index (χ2n) is 2.94. The van der Waals surface area contributed by atoms with Gasteiger partial charge in [-0.25, -0.2) is 0 Å². The van der Waals surface area contributed by atoms with E-state index >= 15 is 0 Å². The first kappa shape index (κ1) is 10.5. The van der Waals surface area contributed by atoms with Gasteiger partial charge in [0, 0.05) is 20.5 Å². The maximum absolute atomic E-state index is 10.7. The Morgan fingerprint density at radius 2 is 2.50 bits per heavy atom. The van der Waals surface area contributed by atoms with Crippen LogP contribution < -0.4 is 5.32 Å². The highest BCUT2D eigenvalue weighted by Gasteiger charge is 2.30. The van der Waals surface area contributed by atoms with Crippen LogP contribution in [-0.2, 0) is 4.79 Å². The third kappa shape index (κ3) is 2.13. The minimum atomic E-state index is -0.768. The third-order valence-corrected chi connectivity index (χ3v) is 5.08. The number of carboxylic acid groups (broad SMARTS) is 1. The van der Waals surface area contributed by atoms with Gasteiger partial charge in [0.2, 0.25) is 0 Å². The van der Waals surface area contributed by atoms with Gasteiger partial charge in [0.1, 0.15) is 6.04 Å². The van der Waals surface area contributed by atoms with Crippen molar-refractivity contribution >= 4 is 45.0 Å². The summed E-state index contributed by atoms with van der Waals surface area (Å²) < 4.78 is 1.05. The lowest BCUT2D eigenvalue weighted by molar-refractivity contribution is -0.138. The van der Waals surface area contributed by atoms with Gasteiger partial charge in [-0.05, 0) is 22.0 Å². The zero-order chi connectivity index (χ0) is 10.1. The second kappa shape index (κ2) is 4.22. The molecule has 1 aromatic rings. The molecule has 2 atom stereocenters. The van der Waals surface area contributed by atoms with E-state index in [9.17, 15) is 4.79 Å². The lowest BCUT2D eigenvalue weighted by Crippen LogP contribution is -2.33. The van der Waals surface area contributed by atoms with Crippen molar-refractivity contribution in [1.82, 2.24) is 5.32 Å². The molecule has 1 aliphatic heterocycles. The molecule has 76 valence electrons. The maximum Gasteiger partial charge on any atom is 0.321 e. The minimum absolute atomic E-state index is 0.132. The zero-order valence-electron chi connectivity index (χ0n) is 7.07. The van der Waals surface area contributed by atoms with Crippen LogP contribution in [0.3, 0.4) is 0 Å². The molecule has 1 fully saturated rings. The molecule has 0 bridgehead atoms. The van der Waals surface area contributed by atoms with Crippen molar-refractivity contribution in [3.63, 3.8) is 0 Å². The van der Waals surface area contributed by atoms with E-state index in [4.69, 9.17) is 5.11 Å². The molecule has 0 unspecified atom stereocenters. The van der Waals surface area contributed by atoms with Crippen LogP contribution >= 0.6 is 39.0 Å². The molecule has 1 aromatic heterocycles. The fourth-order valence-corrected chi connectivity index (χ4v) is 4.11. The van der Waals surface area contributed by atoms with Crippen LogP contribution in [-0.4, -0.2) is 22.9 Å². The van der Waals surface area contributed by atoms with Gasteiger partial charge in [-0.1, -0.05) is 0 Å². The highest BCUT2D eigenvalue weighted by atomic mass is 79.9. The molecule has 0 amide bonds. The molecule has 2 N–H and O–H groups in total. The molecule has 6 heteroatoms. The van der Waals surface area contributed by atoms with E-state index in [1.54, 1.807) is 23.1 Å². The van der Waals surface area contributed by atoms with Gasteiger partial charge in [0.05, 0.1) is 5.37 Å². The first-order chi connectivity index (χ1) is 6.66. The van der Waals surface area contributed by atoms with Crippen LogP contribution in [0, 0.1) is 0 Å². The van der Waals surface area contributed by atoms with Crippen molar-refractivity contribution in [3.05, 3.63) is 20.8 Å². The number of thioether (sulfide) groups is 1. The van der Waals surface area contributed by atoms with Gasteiger partial charge < -0.3 is 5.11 Å². The molecule has 0 aromatic carbocycles. The topological polar surface area (TPSA) is 49.3 Å². The largest absolute Gasteiger partial charge is 0.480 e. The molecule has 0 spiro atoms. The number of hydrogen-bond donors (Lipinski definition) is 2. The normalized spacial score (nSPS) is 26.6. The van der Waals surface area contributed by atoms with Crippen molar-refractivity contribution in [2.24, 2.45) is 0 Å². The van der Waals surface area contributed by atoms with E-state index in [0.29, 0.717) is 5.75 Å². The fraction of sp³-hybridized carbons (Fsp3) is 0.375. The maximum atomic E-state index is 10.7. The van der Waals surface area contributed by atoms with Crippen molar-refractivity contribution < 1.29 is 9.90 Å². The minimum Gasteiger partial charge on any atom is -0.480 e. The van der Waals surface area contributed by atoms with E-state index in [0.717, 1.165) is 4.47 Å². The van der Waals surface area contributed by atoms with Gasteiger partial charge in [-0.15, -0.1) is 23.1 Å². The molecule has 14 heavy (non-hydrogen) atoms. The molecule has 3 nitrogen and oxygen atoms in total. The van der Waals surface area contributed by atoms with E-state index in [1.165, 1.54) is 4.88 Å². The molecular formula is C8H8BrNO2S2. The number of rotatable bonds is 2. The molecule has 1 aliphatic rings. The fourth-order valence-electron chi connectivity index (χ4n) is 1.24. The Labute approximate surface area is 98.0 Å². The molecule has 1 saturated heterocycles. The molecule has 0 radical (unpaired) electrons. The summed E-state index contributed by atoms with van der Waals surface area (Å²) in [6.45, 7) is 0. The number of thiophene rings is 1. The summed E-state index contributed by atoms with van der Waals surface area (Å²) in [4.78, 5) is 11.9. The number of hydrogen-bond acceptors (Lipinski definition) is 4. The summed E-state index contributed by atoms with van der Waals surface area (Å²) in [7, 11) is 0. The van der Waals surface area contributed by atoms with Gasteiger partial charge in [-0.2, -0.15) is 0 Å². The Morgan fingerprint density at radius 3 is 3.00 bits per heavy atom. The highest BCUT2D eigenvalue weighted by Crippen LogP contribution is 2.37. The predicted molar refractivity (Wildman–Crippen MR) is 61.8 cm³/mol. The van der Waals surface area contributed by atoms with E-state index in [2.05, 4.69) is 21.2 Å². The van der Waals surface area contributed by atoms with Crippen molar-refractivity contribution in [1.29, 1.82) is 0 Å². The molecule has 0 saturated carbocycles. The van der Waals surface area contributed by atoms with Crippen LogP contribution in [0.25, 0.3) is 0 Å². The molecule has 0 aliphatic carbocycles. The van der Waals surface area contributed by atoms with Gasteiger partial charge in [0.25, 0.3) is 0 Å². The Kier molecular flexibility index (Phi) is 3.16. The average molecular weight is 294 g/mol. The average Bonchev–Trinajstić information content (AvgIpc) is 2.70. The number of nitrogens with one attached hydrogen (secondary N) is 1. The van der Waals surface area contributed by atoms with Crippen LogP contribution in [0.1, 0.15) is 10.3 Å². The van der Waals surface area contributed by atoms with Crippen LogP contribution in [0.2, 0.25) is 0 Å². The summed E-state index contributed by atoms with van der Waals surface area (Å²) >= 11 is 6.66. The van der Waals surface area contributed by atoms with Crippen molar-refractivity contribution in [2.45, 2.75) is 11.4 Å². The Bertz CT molecular complexity index is 355. The van der Waals surface area contributed by atoms with Crippen LogP contribution in [0.15, 0.2) is 15.9 Å². The number of halogens is 1. The Hall–Kier alpha value is -0.0400. The van der Waals surface area contributed by atoms with E-state index in [-0.39, 0.29) is 5.37 Å². The highest BCUT2D eigenvalue weighted by molar-refractivity contribution is 9.10. The van der Waals surface area contributed by atoms with Crippen LogP contribution in [0.4, 0.5) is 0 Å². The first-order valence-corrected chi connectivity index (χ1v) is 6.73. The van der Waals surface area contributed by atoms with Crippen LogP contribution in [0.5, 0.6) is 0 Å². The van der Waals surface area contributed by atoms with Crippen molar-refractivity contribution in [3.8, 4) is 0 Å². The molecule has 2 rings (SSSR count). The summed E-state index contributed by atoms with van der Waals surface area (Å²) in [5.41, 5.74) is 0. The smallest absolute Gasteiger partial charge is 0.321 e. The van der Waals surface area contributed by atoms with E-state index < -0.39 is 12.0 Å². The SMILES string of the molecule is O=C(O)[C@H]1CS[C@@H](c2cc(Br)cs2)N1. The zero-order valence-corrected chi connectivity index (χ0v) is 10.3. The second-order valence-corrected chi connectivity index (χ2v) is 5.93. The van der Waals surface area contributed by atoms with E-state index in [1.807, 2.05) is 11.4 Å². The standard InChI is InChI=1S/C8H8BrNO2S2/c9-4-1-6(13-2-4)7-10-5(3-14-7)8(11)12/h1-2,5,7,10H,3H2,(H,11,12)/t5-,7+/m1/s1. The monoisotopic (exact) mass is 293 g/mol. The molecule has 2 heterocycles. The quantitative estimate of drug-likeness (QED) is 0.878. The first-order valence-electron chi connectivity index (χ1n) is 4.01. The Balaban J connectivity index is 2.05. The Morgan fingerprint density at radius 1 is 1.71 bits per heavy atom. The van der Waals surface area contributed by atoms with Gasteiger partial charge in [-0.3, -0.25) is 10.1 Å². The predicted octanol–water partition coefficient (Wildman–Crippen LogP) is 2.30. The molecular weight excluding hydrogens is 286 g/mol. The van der Waals surface area contributed by atoms with Gasteiger partial charge in [0.15, 0.2) is 0 Å².